The van der Waals surface area contributed by atoms with Gasteiger partial charge < -0.3 is 64.2 Å². The molecule has 0 aliphatic carbocycles. The summed E-state index contributed by atoms with van der Waals surface area (Å²) in [5.41, 5.74) is 0. The molecule has 2 heterocycles. The topological polar surface area (TPSA) is 231 Å². The lowest BCUT2D eigenvalue weighted by Crippen LogP contribution is -2.61. The van der Waals surface area contributed by atoms with Gasteiger partial charge in [0.15, 0.2) is 18.7 Å². The molecule has 342 valence electrons. The quantitative estimate of drug-likeness (QED) is 0.0350. The Bertz CT molecular complexity index is 1030. The number of carbonyl (C=O) groups is 2. The first kappa shape index (κ1) is 52.6. The highest BCUT2D eigenvalue weighted by atomic mass is 16.7. The highest BCUT2D eigenvalue weighted by Crippen LogP contribution is 2.26. The number of ether oxygens (including phenoxy) is 6. The van der Waals surface area contributed by atoms with E-state index in [1.54, 1.807) is 0 Å². The lowest BCUT2D eigenvalue weighted by molar-refractivity contribution is -0.332. The molecule has 15 nitrogen and oxygen atoms in total. The minimum Gasteiger partial charge on any atom is -0.462 e. The summed E-state index contributed by atoms with van der Waals surface area (Å²) in [6.45, 7) is 2.53. The van der Waals surface area contributed by atoms with Crippen LogP contribution in [0.15, 0.2) is 0 Å². The van der Waals surface area contributed by atoms with E-state index in [1.165, 1.54) is 83.5 Å². The Morgan fingerprint density at radius 2 is 0.879 bits per heavy atom. The molecule has 0 bridgehead atoms. The lowest BCUT2D eigenvalue weighted by atomic mass is 9.98. The van der Waals surface area contributed by atoms with E-state index < -0.39 is 92.7 Å². The molecule has 11 atom stereocenters. The van der Waals surface area contributed by atoms with E-state index in [9.17, 15) is 45.3 Å². The number of carbonyl (C=O) groups excluding carboxylic acids is 2. The standard InChI is InChI=1S/C43H80O15/c1-3-5-7-9-11-12-13-14-15-16-17-18-20-22-24-26-35(46)56-31(28-53-34(45)25-23-21-19-10-8-6-4-2)29-54-42-41(52)39(50)37(48)33(58-42)30-55-43-40(51)38(49)36(47)32(27-44)57-43/h31-33,36-44,47-52H,3-30H2,1-2H3/t31-,32-,33-,36+,37+,38?,39?,40?,41?,42-,43-/m1/s1. The highest BCUT2D eigenvalue weighted by molar-refractivity contribution is 5.70. The third kappa shape index (κ3) is 21.3. The first-order chi connectivity index (χ1) is 28.0. The minimum absolute atomic E-state index is 0.172. The van der Waals surface area contributed by atoms with Crippen molar-refractivity contribution < 1.29 is 73.8 Å². The molecule has 0 amide bonds. The van der Waals surface area contributed by atoms with Crippen LogP contribution in [0.2, 0.25) is 0 Å². The molecule has 2 fully saturated rings. The zero-order valence-electron chi connectivity index (χ0n) is 35.5. The van der Waals surface area contributed by atoms with Gasteiger partial charge in [-0.2, -0.15) is 0 Å². The van der Waals surface area contributed by atoms with Crippen LogP contribution in [0, 0.1) is 0 Å². The van der Waals surface area contributed by atoms with Gasteiger partial charge in [0.2, 0.25) is 0 Å². The summed E-state index contributed by atoms with van der Waals surface area (Å²) in [7, 11) is 0. The van der Waals surface area contributed by atoms with Crippen LogP contribution in [0.4, 0.5) is 0 Å². The van der Waals surface area contributed by atoms with E-state index in [4.69, 9.17) is 28.4 Å². The van der Waals surface area contributed by atoms with Gasteiger partial charge in [0.25, 0.3) is 0 Å². The molecule has 0 spiro atoms. The van der Waals surface area contributed by atoms with Crippen molar-refractivity contribution in [3.63, 3.8) is 0 Å². The third-order valence-corrected chi connectivity index (χ3v) is 11.1. The van der Waals surface area contributed by atoms with Gasteiger partial charge in [-0.15, -0.1) is 0 Å². The average molecular weight is 837 g/mol. The van der Waals surface area contributed by atoms with Crippen LogP contribution in [0.3, 0.4) is 0 Å². The first-order valence-corrected chi connectivity index (χ1v) is 22.6. The number of hydrogen-bond acceptors (Lipinski definition) is 15. The molecule has 4 unspecified atom stereocenters. The SMILES string of the molecule is CCCCCCCCCCCCCCCCCC(=O)O[C@H](COC(=O)CCCCCCCCC)CO[C@@H]1O[C@H](CO[C@@H]2O[C@H](CO)[C@H](O)C(O)C2O)[C@H](O)C(O)C1O. The molecule has 2 aliphatic heterocycles. The Morgan fingerprint density at radius 3 is 1.34 bits per heavy atom. The maximum atomic E-state index is 12.9. The largest absolute Gasteiger partial charge is 0.462 e. The van der Waals surface area contributed by atoms with Crippen LogP contribution in [0.1, 0.15) is 168 Å². The molecule has 0 radical (unpaired) electrons. The summed E-state index contributed by atoms with van der Waals surface area (Å²) in [4.78, 5) is 25.5. The van der Waals surface area contributed by atoms with Crippen LogP contribution >= 0.6 is 0 Å². The number of esters is 2. The van der Waals surface area contributed by atoms with E-state index in [0.717, 1.165) is 44.9 Å². The zero-order valence-corrected chi connectivity index (χ0v) is 35.5. The van der Waals surface area contributed by atoms with Crippen molar-refractivity contribution in [1.82, 2.24) is 0 Å². The summed E-state index contributed by atoms with van der Waals surface area (Å²) in [5.74, 6) is -0.923. The summed E-state index contributed by atoms with van der Waals surface area (Å²) >= 11 is 0. The molecule has 0 aromatic rings. The lowest BCUT2D eigenvalue weighted by Gasteiger charge is -2.42. The van der Waals surface area contributed by atoms with Crippen molar-refractivity contribution in [2.45, 2.75) is 235 Å². The van der Waals surface area contributed by atoms with E-state index in [-0.39, 0.29) is 26.1 Å². The second-order valence-corrected chi connectivity index (χ2v) is 16.2. The zero-order chi connectivity index (χ0) is 42.5. The van der Waals surface area contributed by atoms with Crippen LogP contribution in [0.25, 0.3) is 0 Å². The molecule has 2 rings (SSSR count). The van der Waals surface area contributed by atoms with Crippen molar-refractivity contribution in [3.8, 4) is 0 Å². The predicted octanol–water partition coefficient (Wildman–Crippen LogP) is 4.48. The number of hydrogen-bond donors (Lipinski definition) is 7. The molecule has 2 saturated heterocycles. The fourth-order valence-electron chi connectivity index (χ4n) is 7.28. The second-order valence-electron chi connectivity index (χ2n) is 16.2. The fraction of sp³-hybridized carbons (Fsp3) is 0.953. The van der Waals surface area contributed by atoms with E-state index >= 15 is 0 Å². The fourth-order valence-corrected chi connectivity index (χ4v) is 7.28. The summed E-state index contributed by atoms with van der Waals surface area (Å²) < 4.78 is 33.4. The first-order valence-electron chi connectivity index (χ1n) is 22.6. The van der Waals surface area contributed by atoms with Gasteiger partial charge >= 0.3 is 11.9 Å². The molecule has 0 aromatic heterocycles. The van der Waals surface area contributed by atoms with Crippen molar-refractivity contribution in [2.24, 2.45) is 0 Å². The smallest absolute Gasteiger partial charge is 0.306 e. The Morgan fingerprint density at radius 1 is 0.483 bits per heavy atom. The minimum atomic E-state index is -1.76. The molecular weight excluding hydrogens is 756 g/mol. The third-order valence-electron chi connectivity index (χ3n) is 11.1. The van der Waals surface area contributed by atoms with E-state index in [1.807, 2.05) is 0 Å². The van der Waals surface area contributed by atoms with Crippen molar-refractivity contribution in [3.05, 3.63) is 0 Å². The molecular formula is C43H80O15. The summed E-state index contributed by atoms with van der Waals surface area (Å²) in [5, 5.41) is 71.7. The Kier molecular flexibility index (Phi) is 29.3. The molecule has 58 heavy (non-hydrogen) atoms. The Labute approximate surface area is 347 Å². The number of unbranched alkanes of at least 4 members (excludes halogenated alkanes) is 20. The van der Waals surface area contributed by atoms with Gasteiger partial charge in [-0.1, -0.05) is 142 Å². The van der Waals surface area contributed by atoms with Gasteiger partial charge in [-0.05, 0) is 12.8 Å². The maximum absolute atomic E-state index is 12.9. The van der Waals surface area contributed by atoms with Crippen molar-refractivity contribution in [2.75, 3.05) is 26.4 Å². The monoisotopic (exact) mass is 837 g/mol. The number of aliphatic hydroxyl groups excluding tert-OH is 7. The van der Waals surface area contributed by atoms with Gasteiger partial charge in [0, 0.05) is 12.8 Å². The van der Waals surface area contributed by atoms with E-state index in [2.05, 4.69) is 13.8 Å². The summed E-state index contributed by atoms with van der Waals surface area (Å²) in [6.07, 6.45) is 8.87. The molecule has 7 N–H and O–H groups in total. The van der Waals surface area contributed by atoms with Crippen LogP contribution in [-0.2, 0) is 38.0 Å². The maximum Gasteiger partial charge on any atom is 0.306 e. The van der Waals surface area contributed by atoms with Crippen LogP contribution < -0.4 is 0 Å². The van der Waals surface area contributed by atoms with Crippen LogP contribution in [-0.4, -0.2) is 142 Å². The van der Waals surface area contributed by atoms with Gasteiger partial charge in [0.05, 0.1) is 19.8 Å². The molecule has 0 aromatic carbocycles. The highest BCUT2D eigenvalue weighted by Gasteiger charge is 2.47. The summed E-state index contributed by atoms with van der Waals surface area (Å²) in [6, 6.07) is 0. The van der Waals surface area contributed by atoms with Gasteiger partial charge in [0.1, 0.15) is 55.4 Å². The Hall–Kier alpha value is -1.50. The number of aliphatic hydroxyl groups is 7. The van der Waals surface area contributed by atoms with Crippen molar-refractivity contribution in [1.29, 1.82) is 0 Å². The van der Waals surface area contributed by atoms with E-state index in [0.29, 0.717) is 12.8 Å². The second kappa shape index (κ2) is 32.2. The van der Waals surface area contributed by atoms with Crippen LogP contribution in [0.5, 0.6) is 0 Å². The molecule has 0 saturated carbocycles. The Balaban J connectivity index is 1.83. The molecule has 15 heteroatoms. The van der Waals surface area contributed by atoms with Crippen molar-refractivity contribution >= 4 is 11.9 Å². The molecule has 2 aliphatic rings. The average Bonchev–Trinajstić information content (AvgIpc) is 3.21. The van der Waals surface area contributed by atoms with Gasteiger partial charge in [-0.25, -0.2) is 0 Å². The normalized spacial score (nSPS) is 28.0. The predicted molar refractivity (Wildman–Crippen MR) is 215 cm³/mol. The number of rotatable bonds is 34. The van der Waals surface area contributed by atoms with Gasteiger partial charge in [-0.3, -0.25) is 9.59 Å².